The van der Waals surface area contributed by atoms with Crippen molar-refractivity contribution in [1.29, 1.82) is 0 Å². The highest BCUT2D eigenvalue weighted by Crippen LogP contribution is 2.61. The summed E-state index contributed by atoms with van der Waals surface area (Å²) < 4.78 is 27.1. The van der Waals surface area contributed by atoms with Crippen molar-refractivity contribution >= 4 is 17.5 Å². The fourth-order valence-corrected chi connectivity index (χ4v) is 7.02. The highest BCUT2D eigenvalue weighted by Gasteiger charge is 2.46. The molecule has 5 heteroatoms. The third-order valence-electron chi connectivity index (χ3n) is 6.95. The van der Waals surface area contributed by atoms with Gasteiger partial charge in [0.2, 0.25) is 0 Å². The van der Waals surface area contributed by atoms with Crippen LogP contribution in [0.25, 0.3) is 0 Å². The fourth-order valence-electron chi connectivity index (χ4n) is 5.21. The normalized spacial score (nSPS) is 18.5. The van der Waals surface area contributed by atoms with E-state index in [1.165, 1.54) is 22.8 Å². The van der Waals surface area contributed by atoms with E-state index >= 15 is 0 Å². The lowest BCUT2D eigenvalue weighted by Crippen LogP contribution is -2.40. The lowest BCUT2D eigenvalue weighted by molar-refractivity contribution is 0.0967. The molecule has 2 nitrogen and oxygen atoms in total. The molecule has 0 aliphatic carbocycles. The molecule has 1 atom stereocenters. The van der Waals surface area contributed by atoms with E-state index in [-0.39, 0.29) is 22.5 Å². The van der Waals surface area contributed by atoms with Gasteiger partial charge in [-0.2, -0.15) is 0 Å². The first kappa shape index (κ1) is 25.3. The van der Waals surface area contributed by atoms with Crippen molar-refractivity contribution in [2.75, 3.05) is 19.6 Å². The van der Waals surface area contributed by atoms with E-state index in [9.17, 15) is 13.6 Å². The minimum Gasteiger partial charge on any atom is -0.303 e. The summed E-state index contributed by atoms with van der Waals surface area (Å²) in [5.74, 6) is -1.69. The Morgan fingerprint density at radius 1 is 0.971 bits per heavy atom. The van der Waals surface area contributed by atoms with Gasteiger partial charge in [-0.3, -0.25) is 4.79 Å². The van der Waals surface area contributed by atoms with E-state index in [2.05, 4.69) is 84.4 Å². The lowest BCUT2D eigenvalue weighted by atomic mass is 9.84. The summed E-state index contributed by atoms with van der Waals surface area (Å²) in [6.07, 6.45) is 3.12. The molecule has 1 fully saturated rings. The van der Waals surface area contributed by atoms with Crippen molar-refractivity contribution in [2.24, 2.45) is 0 Å². The van der Waals surface area contributed by atoms with E-state index in [0.717, 1.165) is 44.6 Å². The Labute approximate surface area is 211 Å². The first-order valence-corrected chi connectivity index (χ1v) is 13.0. The van der Waals surface area contributed by atoms with Crippen molar-refractivity contribution in [3.8, 4) is 0 Å². The van der Waals surface area contributed by atoms with Crippen LogP contribution in [0.3, 0.4) is 0 Å². The number of hydrogen-bond acceptors (Lipinski definition) is 3. The van der Waals surface area contributed by atoms with Crippen LogP contribution in [-0.2, 0) is 4.75 Å². The van der Waals surface area contributed by atoms with Crippen molar-refractivity contribution in [1.82, 2.24) is 4.90 Å². The number of carbonyl (C=O) groups is 1. The van der Waals surface area contributed by atoms with E-state index in [1.807, 2.05) is 0 Å². The van der Waals surface area contributed by atoms with Crippen LogP contribution < -0.4 is 0 Å². The maximum absolute atomic E-state index is 13.9. The van der Waals surface area contributed by atoms with Gasteiger partial charge in [0.15, 0.2) is 5.78 Å². The highest BCUT2D eigenvalue weighted by atomic mass is 32.2. The monoisotopic (exact) mass is 491 g/mol. The number of piperidine rings is 1. The van der Waals surface area contributed by atoms with Crippen LogP contribution >= 0.6 is 11.8 Å². The van der Waals surface area contributed by atoms with Gasteiger partial charge in [-0.1, -0.05) is 54.6 Å². The zero-order valence-electron chi connectivity index (χ0n) is 19.9. The number of carbonyl (C=O) groups excluding carboxylic acids is 1. The zero-order chi connectivity index (χ0) is 24.8. The maximum Gasteiger partial charge on any atom is 0.165 e. The Morgan fingerprint density at radius 3 is 2.37 bits per heavy atom. The SMILES string of the molecule is C=C.O=C(CCCN1CCC2(CC1)SC(c1ccccc1)c1ccccc12)c1ccc(F)cc1F. The second-order valence-electron chi connectivity index (χ2n) is 8.98. The molecule has 35 heavy (non-hydrogen) atoms. The van der Waals surface area contributed by atoms with Gasteiger partial charge in [0.25, 0.3) is 0 Å². The first-order valence-electron chi connectivity index (χ1n) is 12.1. The fraction of sp³-hybridized carbons (Fsp3) is 0.300. The molecule has 3 aromatic rings. The molecule has 2 aliphatic rings. The molecule has 0 aromatic heterocycles. The molecule has 1 unspecified atom stereocenters. The van der Waals surface area contributed by atoms with Crippen LogP contribution in [-0.4, -0.2) is 30.3 Å². The average Bonchev–Trinajstić information content (AvgIpc) is 3.21. The number of hydrogen-bond donors (Lipinski definition) is 0. The van der Waals surface area contributed by atoms with Crippen molar-refractivity contribution in [2.45, 2.75) is 35.7 Å². The number of likely N-dealkylation sites (tertiary alicyclic amines) is 1. The first-order chi connectivity index (χ1) is 17.1. The summed E-state index contributed by atoms with van der Waals surface area (Å²) in [5.41, 5.74) is 4.26. The van der Waals surface area contributed by atoms with Gasteiger partial charge in [0, 0.05) is 17.2 Å². The minimum atomic E-state index is -0.773. The molecular weight excluding hydrogens is 460 g/mol. The summed E-state index contributed by atoms with van der Waals surface area (Å²) >= 11 is 2.09. The Balaban J connectivity index is 0.00000141. The van der Waals surface area contributed by atoms with Crippen LogP contribution in [0, 0.1) is 11.6 Å². The van der Waals surface area contributed by atoms with E-state index in [0.29, 0.717) is 11.7 Å². The molecule has 0 saturated carbocycles. The van der Waals surface area contributed by atoms with E-state index < -0.39 is 11.6 Å². The van der Waals surface area contributed by atoms with Crippen LogP contribution in [0.5, 0.6) is 0 Å². The van der Waals surface area contributed by atoms with Crippen LogP contribution in [0.15, 0.2) is 86.0 Å². The Morgan fingerprint density at radius 2 is 1.66 bits per heavy atom. The molecule has 2 heterocycles. The van der Waals surface area contributed by atoms with Crippen molar-refractivity contribution in [3.05, 3.63) is 120 Å². The summed E-state index contributed by atoms with van der Waals surface area (Å²) in [6, 6.07) is 22.8. The third-order valence-corrected chi connectivity index (χ3v) is 8.79. The van der Waals surface area contributed by atoms with Crippen LogP contribution in [0.4, 0.5) is 8.78 Å². The van der Waals surface area contributed by atoms with Crippen LogP contribution in [0.1, 0.15) is 58.0 Å². The molecule has 182 valence electrons. The third kappa shape index (κ3) is 5.41. The summed E-state index contributed by atoms with van der Waals surface area (Å²) in [7, 11) is 0. The number of halogens is 2. The molecule has 0 amide bonds. The molecule has 0 radical (unpaired) electrons. The number of benzene rings is 3. The van der Waals surface area contributed by atoms with Crippen LogP contribution in [0.2, 0.25) is 0 Å². The van der Waals surface area contributed by atoms with Gasteiger partial charge < -0.3 is 4.90 Å². The van der Waals surface area contributed by atoms with Crippen molar-refractivity contribution in [3.63, 3.8) is 0 Å². The minimum absolute atomic E-state index is 0.0140. The molecule has 5 rings (SSSR count). The number of Topliss-reactive ketones (excluding diaryl/α,β-unsaturated/α-hetero) is 1. The highest BCUT2D eigenvalue weighted by molar-refractivity contribution is 8.01. The summed E-state index contributed by atoms with van der Waals surface area (Å²) in [5, 5.41) is 0.372. The molecule has 2 aliphatic heterocycles. The van der Waals surface area contributed by atoms with Gasteiger partial charge in [0.1, 0.15) is 11.6 Å². The molecule has 1 spiro atoms. The Hall–Kier alpha value is -2.76. The predicted molar refractivity (Wildman–Crippen MR) is 141 cm³/mol. The molecule has 0 bridgehead atoms. The molecule has 3 aromatic carbocycles. The molecular formula is C30H31F2NOS. The second-order valence-corrected chi connectivity index (χ2v) is 10.5. The van der Waals surface area contributed by atoms with Gasteiger partial charge in [-0.15, -0.1) is 24.9 Å². The van der Waals surface area contributed by atoms with Gasteiger partial charge in [0.05, 0.1) is 10.8 Å². The summed E-state index contributed by atoms with van der Waals surface area (Å²) in [6.45, 7) is 8.79. The second kappa shape index (κ2) is 11.3. The largest absolute Gasteiger partial charge is 0.303 e. The quantitative estimate of drug-likeness (QED) is 0.262. The molecule has 0 N–H and O–H groups in total. The number of ketones is 1. The van der Waals surface area contributed by atoms with Gasteiger partial charge in [-0.05, 0) is 67.7 Å². The van der Waals surface area contributed by atoms with E-state index in [4.69, 9.17) is 0 Å². The standard InChI is InChI=1S/C28H27F2NOS.C2H4/c29-21-12-13-23(25(30)19-21)26(32)11-6-16-31-17-14-28(15-18-31)24-10-5-4-9-22(24)27(33-28)20-7-2-1-3-8-20;1-2/h1-5,7-10,12-13,19,27H,6,11,14-18H2;1-2H2. The predicted octanol–water partition coefficient (Wildman–Crippen LogP) is 7.56. The lowest BCUT2D eigenvalue weighted by Gasteiger charge is -2.39. The average molecular weight is 492 g/mol. The number of nitrogens with zero attached hydrogens (tertiary/aromatic N) is 1. The van der Waals surface area contributed by atoms with Gasteiger partial charge in [-0.25, -0.2) is 8.78 Å². The molecule has 1 saturated heterocycles. The number of thioether (sulfide) groups is 1. The van der Waals surface area contributed by atoms with Gasteiger partial charge >= 0.3 is 0 Å². The van der Waals surface area contributed by atoms with Crippen molar-refractivity contribution < 1.29 is 13.6 Å². The zero-order valence-corrected chi connectivity index (χ0v) is 20.7. The maximum atomic E-state index is 13.9. The summed E-state index contributed by atoms with van der Waals surface area (Å²) in [4.78, 5) is 14.8. The van der Waals surface area contributed by atoms with E-state index in [1.54, 1.807) is 0 Å². The number of fused-ring (bicyclic) bond motifs is 2. The Kier molecular flexibility index (Phi) is 8.19. The number of rotatable bonds is 6. The topological polar surface area (TPSA) is 20.3 Å². The smallest absolute Gasteiger partial charge is 0.165 e. The Bertz CT molecular complexity index is 1160.